The molecule has 0 fully saturated rings. The molecule has 0 aliphatic carbocycles. The van der Waals surface area contributed by atoms with Crippen molar-refractivity contribution in [1.29, 1.82) is 15.8 Å². The summed E-state index contributed by atoms with van der Waals surface area (Å²) in [6.45, 7) is 10.0. The molecule has 5 rings (SSSR count). The van der Waals surface area contributed by atoms with E-state index in [0.717, 1.165) is 18.0 Å². The summed E-state index contributed by atoms with van der Waals surface area (Å²) in [4.78, 5) is 4.69. The number of anilines is 1. The number of allylic oxidation sites excluding steroid dienone is 2. The van der Waals surface area contributed by atoms with Crippen molar-refractivity contribution in [2.24, 2.45) is 0 Å². The number of nitriles is 3. The van der Waals surface area contributed by atoms with Crippen LogP contribution in [-0.2, 0) is 4.74 Å². The molecule has 188 valence electrons. The van der Waals surface area contributed by atoms with E-state index >= 15 is 0 Å². The van der Waals surface area contributed by atoms with E-state index in [1.54, 1.807) is 22.7 Å². The van der Waals surface area contributed by atoms with Gasteiger partial charge in [-0.05, 0) is 63.6 Å². The Labute approximate surface area is 234 Å². The molecule has 1 aliphatic rings. The molecule has 0 N–H and O–H groups in total. The number of hydrogen-bond acceptors (Lipinski definition) is 8. The lowest BCUT2D eigenvalue weighted by Crippen LogP contribution is -2.21. The number of fused-ring (bicyclic) bond motifs is 3. The van der Waals surface area contributed by atoms with Gasteiger partial charge in [0.1, 0.15) is 29.4 Å². The third kappa shape index (κ3) is 4.40. The third-order valence-electron chi connectivity index (χ3n) is 6.60. The summed E-state index contributed by atoms with van der Waals surface area (Å²) in [6, 6.07) is 19.1. The normalized spacial score (nSPS) is 14.6. The zero-order valence-corrected chi connectivity index (χ0v) is 23.9. The van der Waals surface area contributed by atoms with E-state index < -0.39 is 5.60 Å². The second kappa shape index (κ2) is 10.1. The predicted octanol–water partition coefficient (Wildman–Crippen LogP) is 8.63. The summed E-state index contributed by atoms with van der Waals surface area (Å²) in [6.07, 6.45) is 3.87. The molecule has 5 nitrogen and oxygen atoms in total. The van der Waals surface area contributed by atoms with Crippen LogP contribution in [0.3, 0.4) is 0 Å². The van der Waals surface area contributed by atoms with Crippen molar-refractivity contribution < 1.29 is 4.74 Å². The first-order valence-corrected chi connectivity index (χ1v) is 14.7. The highest BCUT2D eigenvalue weighted by Gasteiger charge is 2.38. The van der Waals surface area contributed by atoms with E-state index in [1.807, 2.05) is 49.5 Å². The fourth-order valence-electron chi connectivity index (χ4n) is 4.65. The van der Waals surface area contributed by atoms with Gasteiger partial charge in [0, 0.05) is 43.5 Å². The highest BCUT2D eigenvalue weighted by Crippen LogP contribution is 2.47. The topological polar surface area (TPSA) is 83.8 Å². The summed E-state index contributed by atoms with van der Waals surface area (Å²) in [5, 5.41) is 28.3. The molecule has 0 bridgehead atoms. The van der Waals surface area contributed by atoms with Crippen LogP contribution in [0.1, 0.15) is 32.6 Å². The van der Waals surface area contributed by atoms with Gasteiger partial charge in [0.25, 0.3) is 0 Å². The smallest absolute Gasteiger partial charge is 0.172 e. The minimum absolute atomic E-state index is 0.0623. The van der Waals surface area contributed by atoms with Crippen LogP contribution in [0.25, 0.3) is 35.3 Å². The largest absolute Gasteiger partial charge is 0.480 e. The van der Waals surface area contributed by atoms with Crippen molar-refractivity contribution in [1.82, 2.24) is 0 Å². The molecule has 0 atom stereocenters. The fourth-order valence-corrected chi connectivity index (χ4v) is 8.59. The summed E-state index contributed by atoms with van der Waals surface area (Å²) in [5.74, 6) is 0.0623. The lowest BCUT2D eigenvalue weighted by Gasteiger charge is -2.21. The molecule has 1 aliphatic heterocycles. The summed E-state index contributed by atoms with van der Waals surface area (Å²) in [5.41, 5.74) is 2.37. The molecule has 0 amide bonds. The molecule has 0 saturated carbocycles. The number of ether oxygens (including phenoxy) is 1. The SMILES string of the molecule is CCN(CC)c1ccc(-c2cc3sc4cc(/C=C/C5=C(C#N)C(=C(C#N)C#N)OC5(C)C)sc4c3s2)cc1. The van der Waals surface area contributed by atoms with Crippen molar-refractivity contribution in [3.8, 4) is 28.6 Å². The summed E-state index contributed by atoms with van der Waals surface area (Å²) < 4.78 is 11.0. The van der Waals surface area contributed by atoms with Crippen LogP contribution in [0.4, 0.5) is 5.69 Å². The van der Waals surface area contributed by atoms with Crippen LogP contribution >= 0.6 is 34.0 Å². The lowest BCUT2D eigenvalue weighted by atomic mass is 9.94. The van der Waals surface area contributed by atoms with Crippen molar-refractivity contribution in [3.05, 3.63) is 69.8 Å². The Balaban J connectivity index is 1.47. The molecule has 0 spiro atoms. The van der Waals surface area contributed by atoms with E-state index in [1.165, 1.54) is 34.9 Å². The summed E-state index contributed by atoms with van der Waals surface area (Å²) >= 11 is 5.35. The van der Waals surface area contributed by atoms with Gasteiger partial charge in [-0.1, -0.05) is 18.2 Å². The first-order chi connectivity index (χ1) is 18.3. The molecule has 0 radical (unpaired) electrons. The molecular formula is C30H24N4OS3. The van der Waals surface area contributed by atoms with Crippen LogP contribution in [0, 0.1) is 34.0 Å². The van der Waals surface area contributed by atoms with Crippen molar-refractivity contribution >= 4 is 64.6 Å². The second-order valence-electron chi connectivity index (χ2n) is 9.24. The average Bonchev–Trinajstić information content (AvgIpc) is 3.63. The number of hydrogen-bond donors (Lipinski definition) is 0. The molecule has 8 heteroatoms. The quantitative estimate of drug-likeness (QED) is 0.224. The van der Waals surface area contributed by atoms with Crippen LogP contribution in [0.5, 0.6) is 0 Å². The molecule has 3 aromatic heterocycles. The zero-order chi connectivity index (χ0) is 27.0. The van der Waals surface area contributed by atoms with E-state index in [2.05, 4.69) is 61.2 Å². The highest BCUT2D eigenvalue weighted by atomic mass is 32.1. The van der Waals surface area contributed by atoms with Crippen molar-refractivity contribution in [3.63, 3.8) is 0 Å². The highest BCUT2D eigenvalue weighted by molar-refractivity contribution is 7.39. The maximum atomic E-state index is 9.77. The molecule has 0 unspecified atom stereocenters. The lowest BCUT2D eigenvalue weighted by molar-refractivity contribution is 0.0954. The van der Waals surface area contributed by atoms with Crippen molar-refractivity contribution in [2.45, 2.75) is 33.3 Å². The standard InChI is InChI=1S/C30H24N4OS3/c1-5-34(6-2)20-9-7-18(8-10-20)24-14-26-29(38-24)28-25(37-26)13-21(36-28)11-12-23-22(17-33)27(19(15-31)16-32)35-30(23,3)4/h7-14H,5-6H2,1-4H3/b12-11+. The average molecular weight is 553 g/mol. The number of benzene rings is 1. The van der Waals surface area contributed by atoms with E-state index in [0.29, 0.717) is 5.57 Å². The Hall–Kier alpha value is -3.87. The first-order valence-electron chi connectivity index (χ1n) is 12.2. The van der Waals surface area contributed by atoms with E-state index in [4.69, 9.17) is 4.74 Å². The fraction of sp³-hybridized carbons (Fsp3) is 0.233. The minimum atomic E-state index is -0.818. The van der Waals surface area contributed by atoms with Crippen LogP contribution in [0.2, 0.25) is 0 Å². The maximum Gasteiger partial charge on any atom is 0.172 e. The predicted molar refractivity (Wildman–Crippen MR) is 159 cm³/mol. The molecular weight excluding hydrogens is 529 g/mol. The first kappa shape index (κ1) is 25.8. The van der Waals surface area contributed by atoms with Crippen LogP contribution in [0.15, 0.2) is 65.0 Å². The van der Waals surface area contributed by atoms with Gasteiger partial charge in [0.05, 0.1) is 9.40 Å². The molecule has 1 aromatic carbocycles. The monoisotopic (exact) mass is 552 g/mol. The van der Waals surface area contributed by atoms with Crippen LogP contribution in [-0.4, -0.2) is 18.7 Å². The Morgan fingerprint density at radius 3 is 2.21 bits per heavy atom. The Bertz CT molecular complexity index is 1750. The van der Waals surface area contributed by atoms with Crippen LogP contribution < -0.4 is 4.90 Å². The van der Waals surface area contributed by atoms with Crippen molar-refractivity contribution in [2.75, 3.05) is 18.0 Å². The number of nitrogens with zero attached hydrogens (tertiary/aromatic N) is 4. The Morgan fingerprint density at radius 1 is 0.921 bits per heavy atom. The summed E-state index contributed by atoms with van der Waals surface area (Å²) in [7, 11) is 0. The third-order valence-corrected chi connectivity index (χ3v) is 10.4. The molecule has 0 saturated heterocycles. The molecule has 38 heavy (non-hydrogen) atoms. The van der Waals surface area contributed by atoms with Gasteiger partial charge in [-0.3, -0.25) is 0 Å². The van der Waals surface area contributed by atoms with Gasteiger partial charge in [-0.15, -0.1) is 34.0 Å². The Morgan fingerprint density at radius 2 is 1.58 bits per heavy atom. The number of rotatable bonds is 6. The molecule has 4 heterocycles. The number of thiophene rings is 3. The second-order valence-corrected chi connectivity index (χ2v) is 12.5. The van der Waals surface area contributed by atoms with Gasteiger partial charge in [0.15, 0.2) is 11.3 Å². The van der Waals surface area contributed by atoms with E-state index in [9.17, 15) is 15.8 Å². The Kier molecular flexibility index (Phi) is 6.86. The van der Waals surface area contributed by atoms with Gasteiger partial charge in [0.2, 0.25) is 0 Å². The van der Waals surface area contributed by atoms with Gasteiger partial charge in [-0.2, -0.15) is 15.8 Å². The minimum Gasteiger partial charge on any atom is -0.480 e. The molecule has 4 aromatic rings. The van der Waals surface area contributed by atoms with Gasteiger partial charge >= 0.3 is 0 Å². The van der Waals surface area contributed by atoms with Gasteiger partial charge in [-0.25, -0.2) is 0 Å². The van der Waals surface area contributed by atoms with E-state index in [-0.39, 0.29) is 16.9 Å². The zero-order valence-electron chi connectivity index (χ0n) is 21.5. The van der Waals surface area contributed by atoms with Gasteiger partial charge < -0.3 is 9.64 Å². The maximum absolute atomic E-state index is 9.77.